The van der Waals surface area contributed by atoms with Crippen LogP contribution in [0.5, 0.6) is 0 Å². The van der Waals surface area contributed by atoms with Gasteiger partial charge < -0.3 is 13.7 Å². The largest absolute Gasteiger partial charge is 0.456 e. The van der Waals surface area contributed by atoms with Crippen molar-refractivity contribution in [1.82, 2.24) is 0 Å². The summed E-state index contributed by atoms with van der Waals surface area (Å²) in [5.74, 6) is 0. The minimum atomic E-state index is 0.882. The van der Waals surface area contributed by atoms with Crippen LogP contribution in [0.1, 0.15) is 5.56 Å². The van der Waals surface area contributed by atoms with Crippen LogP contribution >= 0.6 is 0 Å². The second-order valence-corrected chi connectivity index (χ2v) is 13.0. The summed E-state index contributed by atoms with van der Waals surface area (Å²) in [5, 5.41) is 6.85. The Balaban J connectivity index is 1.15. The minimum absolute atomic E-state index is 0.882. The number of fused-ring (bicyclic) bond motifs is 7. The maximum atomic E-state index is 6.71. The summed E-state index contributed by atoms with van der Waals surface area (Å²) in [5.41, 5.74) is 12.2. The molecule has 10 rings (SSSR count). The Bertz CT molecular complexity index is 2930. The molecule has 0 spiro atoms. The van der Waals surface area contributed by atoms with E-state index in [1.165, 1.54) is 10.8 Å². The summed E-state index contributed by atoms with van der Waals surface area (Å²) >= 11 is 0. The van der Waals surface area contributed by atoms with Crippen LogP contribution in [0.25, 0.3) is 83.0 Å². The maximum absolute atomic E-state index is 6.71. The van der Waals surface area contributed by atoms with E-state index in [1.54, 1.807) is 0 Å². The molecule has 0 amide bonds. The summed E-state index contributed by atoms with van der Waals surface area (Å²) in [6.07, 6.45) is 1.88. The van der Waals surface area contributed by atoms with Crippen molar-refractivity contribution >= 4 is 77.8 Å². The molecule has 51 heavy (non-hydrogen) atoms. The second-order valence-electron chi connectivity index (χ2n) is 13.0. The fourth-order valence-electron chi connectivity index (χ4n) is 7.58. The monoisotopic (exact) mass is 653 g/mol. The average molecular weight is 654 g/mol. The van der Waals surface area contributed by atoms with Crippen LogP contribution in [0, 0.1) is 0 Å². The van der Waals surface area contributed by atoms with Crippen LogP contribution in [0.3, 0.4) is 0 Å². The summed E-state index contributed by atoms with van der Waals surface area (Å²) in [7, 11) is 0. The molecule has 2 heterocycles. The zero-order chi connectivity index (χ0) is 33.9. The van der Waals surface area contributed by atoms with E-state index >= 15 is 0 Å². The number of hydrogen-bond donors (Lipinski definition) is 0. The molecule has 3 heteroatoms. The average Bonchev–Trinajstić information content (AvgIpc) is 3.76. The highest BCUT2D eigenvalue weighted by atomic mass is 16.3. The molecular formula is C48H31NO2. The van der Waals surface area contributed by atoms with E-state index in [2.05, 4.69) is 163 Å². The molecule has 0 fully saturated rings. The van der Waals surface area contributed by atoms with E-state index in [0.29, 0.717) is 0 Å². The van der Waals surface area contributed by atoms with Gasteiger partial charge in [-0.1, -0.05) is 128 Å². The van der Waals surface area contributed by atoms with Gasteiger partial charge in [0.25, 0.3) is 0 Å². The van der Waals surface area contributed by atoms with Gasteiger partial charge in [-0.05, 0) is 82.1 Å². The summed E-state index contributed by atoms with van der Waals surface area (Å²) < 4.78 is 12.9. The topological polar surface area (TPSA) is 29.5 Å². The number of anilines is 3. The predicted octanol–water partition coefficient (Wildman–Crippen LogP) is 14.1. The Morgan fingerprint density at radius 1 is 0.451 bits per heavy atom. The summed E-state index contributed by atoms with van der Waals surface area (Å²) in [6, 6.07) is 59.8. The number of benzene rings is 8. The van der Waals surface area contributed by atoms with E-state index in [1.807, 2.05) is 24.3 Å². The van der Waals surface area contributed by atoms with E-state index in [-0.39, 0.29) is 0 Å². The lowest BCUT2D eigenvalue weighted by atomic mass is 9.97. The molecule has 2 aromatic heterocycles. The first-order valence-corrected chi connectivity index (χ1v) is 17.2. The molecule has 0 bridgehead atoms. The Kier molecular flexibility index (Phi) is 6.65. The predicted molar refractivity (Wildman–Crippen MR) is 214 cm³/mol. The van der Waals surface area contributed by atoms with Gasteiger partial charge in [0.2, 0.25) is 0 Å². The SMILES string of the molecule is C=Cc1ccc(N(c2ccc(-c3cccc4oc5ccccc5c34)cc2)c2ccccc2-c2cccc3c2oc2cc4ccccc4cc23)cc1. The first kappa shape index (κ1) is 29.1. The van der Waals surface area contributed by atoms with Crippen LogP contribution in [0.2, 0.25) is 0 Å². The number of para-hydroxylation sites is 3. The van der Waals surface area contributed by atoms with Crippen LogP contribution in [-0.2, 0) is 0 Å². The van der Waals surface area contributed by atoms with Crippen LogP contribution in [0.15, 0.2) is 185 Å². The number of rotatable bonds is 6. The standard InChI is InChI=1S/C48H31NO2/c1-2-31-21-25-35(26-22-31)49(36-27-23-32(24-28-36)37-15-10-20-45-47(37)41-14-6-8-19-44(41)50-45)43-18-7-5-13-38(43)39-16-9-17-40-42-29-33-11-3-4-12-34(33)30-46(42)51-48(39)40/h2-30H,1H2. The summed E-state index contributed by atoms with van der Waals surface area (Å²) in [6.45, 7) is 3.98. The van der Waals surface area contributed by atoms with E-state index in [9.17, 15) is 0 Å². The van der Waals surface area contributed by atoms with Crippen molar-refractivity contribution < 1.29 is 8.83 Å². The fourth-order valence-corrected chi connectivity index (χ4v) is 7.58. The molecule has 0 unspecified atom stereocenters. The Morgan fingerprint density at radius 3 is 1.90 bits per heavy atom. The molecule has 0 atom stereocenters. The molecule has 0 radical (unpaired) electrons. The van der Waals surface area contributed by atoms with Gasteiger partial charge in [-0.3, -0.25) is 0 Å². The number of hydrogen-bond acceptors (Lipinski definition) is 3. The van der Waals surface area contributed by atoms with Gasteiger partial charge in [0.1, 0.15) is 22.3 Å². The lowest BCUT2D eigenvalue weighted by Crippen LogP contribution is -2.11. The molecule has 0 aliphatic carbocycles. The molecule has 10 aromatic rings. The molecule has 3 nitrogen and oxygen atoms in total. The van der Waals surface area contributed by atoms with Crippen molar-refractivity contribution in [3.63, 3.8) is 0 Å². The third-order valence-electron chi connectivity index (χ3n) is 10.0. The number of nitrogens with zero attached hydrogens (tertiary/aromatic N) is 1. The number of furan rings is 2. The molecule has 0 aliphatic rings. The third-order valence-corrected chi connectivity index (χ3v) is 10.0. The lowest BCUT2D eigenvalue weighted by molar-refractivity contribution is 0.669. The van der Waals surface area contributed by atoms with Gasteiger partial charge in [0.15, 0.2) is 0 Å². The van der Waals surface area contributed by atoms with E-state index in [0.717, 1.165) is 88.8 Å². The van der Waals surface area contributed by atoms with Gasteiger partial charge in [-0.25, -0.2) is 0 Å². The first-order valence-electron chi connectivity index (χ1n) is 17.2. The Morgan fingerprint density at radius 2 is 1.08 bits per heavy atom. The van der Waals surface area contributed by atoms with Gasteiger partial charge in [-0.15, -0.1) is 0 Å². The highest BCUT2D eigenvalue weighted by Crippen LogP contribution is 2.45. The zero-order valence-corrected chi connectivity index (χ0v) is 27.7. The van der Waals surface area contributed by atoms with Crippen molar-refractivity contribution in [1.29, 1.82) is 0 Å². The molecule has 240 valence electrons. The molecule has 0 saturated carbocycles. The fraction of sp³-hybridized carbons (Fsp3) is 0. The van der Waals surface area contributed by atoms with Gasteiger partial charge in [-0.2, -0.15) is 0 Å². The Labute approximate surface area is 294 Å². The van der Waals surface area contributed by atoms with Crippen molar-refractivity contribution in [2.24, 2.45) is 0 Å². The first-order chi connectivity index (χ1) is 25.2. The smallest absolute Gasteiger partial charge is 0.143 e. The third kappa shape index (κ3) is 4.74. The van der Waals surface area contributed by atoms with Crippen molar-refractivity contribution in [3.8, 4) is 22.3 Å². The summed E-state index contributed by atoms with van der Waals surface area (Å²) in [4.78, 5) is 2.33. The van der Waals surface area contributed by atoms with Crippen LogP contribution < -0.4 is 4.90 Å². The van der Waals surface area contributed by atoms with Gasteiger partial charge >= 0.3 is 0 Å². The zero-order valence-electron chi connectivity index (χ0n) is 27.7. The molecule has 0 N–H and O–H groups in total. The van der Waals surface area contributed by atoms with Crippen LogP contribution in [-0.4, -0.2) is 0 Å². The van der Waals surface area contributed by atoms with Crippen LogP contribution in [0.4, 0.5) is 17.1 Å². The highest BCUT2D eigenvalue weighted by molar-refractivity contribution is 6.14. The normalized spacial score (nSPS) is 11.6. The maximum Gasteiger partial charge on any atom is 0.143 e. The molecule has 8 aromatic carbocycles. The van der Waals surface area contributed by atoms with Crippen molar-refractivity contribution in [2.45, 2.75) is 0 Å². The molecular weight excluding hydrogens is 623 g/mol. The Hall–Kier alpha value is -6.84. The van der Waals surface area contributed by atoms with E-state index in [4.69, 9.17) is 8.83 Å². The quantitative estimate of drug-likeness (QED) is 0.179. The highest BCUT2D eigenvalue weighted by Gasteiger charge is 2.21. The van der Waals surface area contributed by atoms with Gasteiger partial charge in [0, 0.05) is 44.0 Å². The lowest BCUT2D eigenvalue weighted by Gasteiger charge is -2.28. The van der Waals surface area contributed by atoms with E-state index < -0.39 is 0 Å². The van der Waals surface area contributed by atoms with Crippen molar-refractivity contribution in [2.75, 3.05) is 4.90 Å². The van der Waals surface area contributed by atoms with Gasteiger partial charge in [0.05, 0.1) is 5.69 Å². The molecule has 0 saturated heterocycles. The van der Waals surface area contributed by atoms with Crippen molar-refractivity contribution in [3.05, 3.63) is 182 Å². The second kappa shape index (κ2) is 11.6. The minimum Gasteiger partial charge on any atom is -0.456 e. The molecule has 0 aliphatic heterocycles.